The van der Waals surface area contributed by atoms with Gasteiger partial charge in [-0.2, -0.15) is 0 Å². The third-order valence-corrected chi connectivity index (χ3v) is 2.87. The van der Waals surface area contributed by atoms with E-state index in [4.69, 9.17) is 0 Å². The first kappa shape index (κ1) is 15.5. The van der Waals surface area contributed by atoms with Gasteiger partial charge in [0, 0.05) is 0 Å². The maximum atomic E-state index is 2.24. The molecule has 0 aliphatic rings. The van der Waals surface area contributed by atoms with E-state index < -0.39 is 0 Å². The van der Waals surface area contributed by atoms with E-state index >= 15 is 0 Å². The molecule has 0 unspecified atom stereocenters. The van der Waals surface area contributed by atoms with Crippen molar-refractivity contribution in [2.24, 2.45) is 5.92 Å². The van der Waals surface area contributed by atoms with Crippen molar-refractivity contribution in [3.8, 4) is 0 Å². The van der Waals surface area contributed by atoms with Gasteiger partial charge in [-0.3, -0.25) is 0 Å². The first-order chi connectivity index (χ1) is 9.22. The summed E-state index contributed by atoms with van der Waals surface area (Å²) in [6.45, 7) is 6.69. The highest BCUT2D eigenvalue weighted by molar-refractivity contribution is 5.15. The molecule has 2 rings (SSSR count). The van der Waals surface area contributed by atoms with Crippen LogP contribution < -0.4 is 0 Å². The topological polar surface area (TPSA) is 0 Å². The van der Waals surface area contributed by atoms with Gasteiger partial charge in [-0.25, -0.2) is 0 Å². The molecule has 0 saturated carbocycles. The smallest absolute Gasteiger partial charge is 0.0256 e. The van der Waals surface area contributed by atoms with Crippen molar-refractivity contribution in [2.75, 3.05) is 0 Å². The molecule has 19 heavy (non-hydrogen) atoms. The molecule has 2 aromatic carbocycles. The van der Waals surface area contributed by atoms with Crippen LogP contribution in [-0.4, -0.2) is 0 Å². The predicted molar refractivity (Wildman–Crippen MR) is 85.4 cm³/mol. The van der Waals surface area contributed by atoms with Crippen LogP contribution >= 0.6 is 0 Å². The lowest BCUT2D eigenvalue weighted by Gasteiger charge is -2.02. The number of hydrogen-bond acceptors (Lipinski definition) is 0. The summed E-state index contributed by atoms with van der Waals surface area (Å²) >= 11 is 0. The van der Waals surface area contributed by atoms with Crippen LogP contribution in [0.3, 0.4) is 0 Å². The molecule has 0 aliphatic carbocycles. The van der Waals surface area contributed by atoms with Crippen molar-refractivity contribution in [1.82, 2.24) is 0 Å². The zero-order valence-electron chi connectivity index (χ0n) is 12.5. The minimum absolute atomic E-state index is 0.766. The molecule has 0 heteroatoms. The zero-order valence-corrected chi connectivity index (χ0v) is 12.5. The lowest BCUT2D eigenvalue weighted by Crippen LogP contribution is -1.92. The third kappa shape index (κ3) is 7.46. The van der Waals surface area contributed by atoms with Crippen molar-refractivity contribution >= 4 is 0 Å². The van der Waals surface area contributed by atoms with Gasteiger partial charge >= 0.3 is 0 Å². The van der Waals surface area contributed by atoms with Crippen LogP contribution in [0.15, 0.2) is 60.7 Å². The molecule has 0 spiro atoms. The molecule has 2 aromatic rings. The highest BCUT2D eigenvalue weighted by atomic mass is 14.0. The lowest BCUT2D eigenvalue weighted by molar-refractivity contribution is 0.647. The minimum Gasteiger partial charge on any atom is -0.0651 e. The van der Waals surface area contributed by atoms with E-state index in [1.807, 2.05) is 0 Å². The van der Waals surface area contributed by atoms with Gasteiger partial charge in [-0.1, -0.05) is 87.9 Å². The summed E-state index contributed by atoms with van der Waals surface area (Å²) in [4.78, 5) is 0. The number of rotatable bonds is 4. The molecular formula is C19H26. The Morgan fingerprint density at radius 1 is 0.737 bits per heavy atom. The van der Waals surface area contributed by atoms with Gasteiger partial charge in [-0.05, 0) is 29.9 Å². The average Bonchev–Trinajstić information content (AvgIpc) is 2.41. The van der Waals surface area contributed by atoms with Crippen molar-refractivity contribution in [3.05, 3.63) is 71.8 Å². The average molecular weight is 254 g/mol. The Bertz CT molecular complexity index is 414. The van der Waals surface area contributed by atoms with Crippen LogP contribution in [0, 0.1) is 5.92 Å². The molecule has 0 heterocycles. The van der Waals surface area contributed by atoms with E-state index in [0.29, 0.717) is 0 Å². The van der Waals surface area contributed by atoms with Gasteiger partial charge < -0.3 is 0 Å². The molecular weight excluding hydrogens is 228 g/mol. The normalized spacial score (nSPS) is 9.89. The summed E-state index contributed by atoms with van der Waals surface area (Å²) in [5, 5.41) is 0. The van der Waals surface area contributed by atoms with Crippen LogP contribution in [0.5, 0.6) is 0 Å². The third-order valence-electron chi connectivity index (χ3n) is 2.87. The van der Waals surface area contributed by atoms with Crippen LogP contribution in [0.4, 0.5) is 0 Å². The summed E-state index contributed by atoms with van der Waals surface area (Å²) in [5.41, 5.74) is 2.89. The Labute approximate surface area is 118 Å². The largest absolute Gasteiger partial charge is 0.0651 e. The molecule has 0 atom stereocenters. The predicted octanol–water partition coefficient (Wildman–Crippen LogP) is 5.52. The lowest BCUT2D eigenvalue weighted by atomic mass is 10.0. The molecule has 0 saturated heterocycles. The Morgan fingerprint density at radius 3 is 1.63 bits per heavy atom. The Kier molecular flexibility index (Phi) is 7.65. The van der Waals surface area contributed by atoms with E-state index in [1.54, 1.807) is 0 Å². The van der Waals surface area contributed by atoms with Crippen molar-refractivity contribution in [3.63, 3.8) is 0 Å². The van der Waals surface area contributed by atoms with Crippen LogP contribution in [0.1, 0.15) is 38.3 Å². The Hall–Kier alpha value is -1.56. The fraction of sp³-hybridized carbons (Fsp3) is 0.368. The van der Waals surface area contributed by atoms with E-state index in [1.165, 1.54) is 30.4 Å². The highest BCUT2D eigenvalue weighted by Gasteiger charge is 1.94. The highest BCUT2D eigenvalue weighted by Crippen LogP contribution is 2.06. The monoisotopic (exact) mass is 254 g/mol. The second kappa shape index (κ2) is 9.38. The summed E-state index contributed by atoms with van der Waals surface area (Å²) in [7, 11) is 0. The van der Waals surface area contributed by atoms with Crippen LogP contribution in [0.25, 0.3) is 0 Å². The number of aryl methyl sites for hydroxylation is 1. The summed E-state index contributed by atoms with van der Waals surface area (Å²) < 4.78 is 0. The van der Waals surface area contributed by atoms with E-state index in [0.717, 1.165) is 5.92 Å². The maximum absolute atomic E-state index is 2.24. The van der Waals surface area contributed by atoms with Gasteiger partial charge in [0.15, 0.2) is 0 Å². The Balaban J connectivity index is 0.000000191. The van der Waals surface area contributed by atoms with Crippen molar-refractivity contribution in [1.29, 1.82) is 0 Å². The van der Waals surface area contributed by atoms with E-state index in [-0.39, 0.29) is 0 Å². The molecule has 0 bridgehead atoms. The quantitative estimate of drug-likeness (QED) is 0.673. The molecule has 0 aliphatic heterocycles. The summed E-state index contributed by atoms with van der Waals surface area (Å²) in [6, 6.07) is 21.2. The standard InChI is InChI=1S/C10H14.C9H12/c1-9(2)8-10-6-4-3-5-7-10;1-2-6-9-7-4-3-5-8-9/h3-7,9H,8H2,1-2H3;3-5,7-8H,2,6H2,1H3. The zero-order chi connectivity index (χ0) is 13.9. The van der Waals surface area contributed by atoms with Gasteiger partial charge in [0.1, 0.15) is 0 Å². The molecule has 102 valence electrons. The van der Waals surface area contributed by atoms with Crippen LogP contribution in [0.2, 0.25) is 0 Å². The fourth-order valence-electron chi connectivity index (χ4n) is 2.02. The van der Waals surface area contributed by atoms with E-state index in [9.17, 15) is 0 Å². The first-order valence-corrected chi connectivity index (χ1v) is 7.30. The van der Waals surface area contributed by atoms with E-state index in [2.05, 4.69) is 81.4 Å². The Morgan fingerprint density at radius 2 is 1.21 bits per heavy atom. The van der Waals surface area contributed by atoms with Gasteiger partial charge in [0.2, 0.25) is 0 Å². The molecule has 0 aromatic heterocycles. The second-order valence-corrected chi connectivity index (χ2v) is 5.32. The second-order valence-electron chi connectivity index (χ2n) is 5.32. The number of hydrogen-bond donors (Lipinski definition) is 0. The molecule has 0 fully saturated rings. The number of benzene rings is 2. The summed E-state index contributed by atoms with van der Waals surface area (Å²) in [6.07, 6.45) is 3.64. The molecule has 0 radical (unpaired) electrons. The molecule has 0 amide bonds. The van der Waals surface area contributed by atoms with Gasteiger partial charge in [-0.15, -0.1) is 0 Å². The van der Waals surface area contributed by atoms with Gasteiger partial charge in [0.05, 0.1) is 0 Å². The van der Waals surface area contributed by atoms with Crippen molar-refractivity contribution < 1.29 is 0 Å². The van der Waals surface area contributed by atoms with Crippen molar-refractivity contribution in [2.45, 2.75) is 40.0 Å². The molecule has 0 nitrogen and oxygen atoms in total. The molecule has 0 N–H and O–H groups in total. The minimum atomic E-state index is 0.766. The summed E-state index contributed by atoms with van der Waals surface area (Å²) in [5.74, 6) is 0.766. The fourth-order valence-corrected chi connectivity index (χ4v) is 2.02. The first-order valence-electron chi connectivity index (χ1n) is 7.30. The van der Waals surface area contributed by atoms with Gasteiger partial charge in [0.25, 0.3) is 0 Å². The maximum Gasteiger partial charge on any atom is -0.0256 e. The SMILES string of the molecule is CC(C)Cc1ccccc1.CCCc1ccccc1. The van der Waals surface area contributed by atoms with Crippen LogP contribution in [-0.2, 0) is 12.8 Å².